The fraction of sp³-hybridized carbons (Fsp3) is 0.579. The molecule has 0 bridgehead atoms. The molecule has 1 aliphatic heterocycles. The number of hydrogen-bond acceptors (Lipinski definition) is 6. The van der Waals surface area contributed by atoms with Crippen LogP contribution in [0.5, 0.6) is 0 Å². The molecule has 1 heterocycles. The van der Waals surface area contributed by atoms with Crippen LogP contribution in [-0.4, -0.2) is 48.3 Å². The van der Waals surface area contributed by atoms with E-state index in [1.54, 1.807) is 20.8 Å². The first-order valence-corrected chi connectivity index (χ1v) is 11.2. The minimum absolute atomic E-state index is 0.0316. The van der Waals surface area contributed by atoms with Crippen molar-refractivity contribution in [3.63, 3.8) is 0 Å². The Bertz CT molecular complexity index is 994. The van der Waals surface area contributed by atoms with Crippen molar-refractivity contribution in [2.45, 2.75) is 75.1 Å². The van der Waals surface area contributed by atoms with Gasteiger partial charge in [0.25, 0.3) is 11.8 Å². The molecule has 3 rings (SSSR count). The van der Waals surface area contributed by atoms with Gasteiger partial charge in [0.2, 0.25) is 10.0 Å². The summed E-state index contributed by atoms with van der Waals surface area (Å²) in [5.74, 6) is 1.10. The third-order valence-electron chi connectivity index (χ3n) is 5.27. The number of hydrogen-bond donors (Lipinski definition) is 3. The second kappa shape index (κ2) is 7.99. The van der Waals surface area contributed by atoms with E-state index in [9.17, 15) is 26.8 Å². The van der Waals surface area contributed by atoms with Gasteiger partial charge in [-0.25, -0.2) is 27.8 Å². The summed E-state index contributed by atoms with van der Waals surface area (Å²) in [5.41, 5.74) is 1.43. The van der Waals surface area contributed by atoms with Gasteiger partial charge < -0.3 is 10.1 Å². The maximum absolute atomic E-state index is 14.8. The van der Waals surface area contributed by atoms with Gasteiger partial charge in [0.15, 0.2) is 0 Å². The first kappa shape index (κ1) is 23.4. The fourth-order valence-electron chi connectivity index (χ4n) is 3.92. The Morgan fingerprint density at radius 1 is 1.29 bits per heavy atom. The molecule has 1 saturated carbocycles. The summed E-state index contributed by atoms with van der Waals surface area (Å²) in [6, 6.07) is 1.10. The number of alkyl halides is 2. The molecule has 0 aromatic heterocycles. The molecule has 0 saturated heterocycles. The number of nitrogen functional groups attached to an aromatic ring is 1. The number of carbonyl (C=O) groups excluding carboxylic acids is 2. The Morgan fingerprint density at radius 3 is 2.58 bits per heavy atom. The monoisotopic (exact) mass is 460 g/mol. The van der Waals surface area contributed by atoms with Crippen LogP contribution in [0.3, 0.4) is 0 Å². The van der Waals surface area contributed by atoms with Crippen LogP contribution < -0.4 is 16.6 Å². The normalized spacial score (nSPS) is 24.8. The van der Waals surface area contributed by atoms with E-state index in [2.05, 4.69) is 5.32 Å². The molecule has 1 fully saturated rings. The van der Waals surface area contributed by atoms with E-state index >= 15 is 0 Å². The minimum atomic E-state index is -4.18. The molecule has 0 unspecified atom stereocenters. The summed E-state index contributed by atoms with van der Waals surface area (Å²) in [5, 5.41) is 2.20. The highest BCUT2D eigenvalue weighted by Crippen LogP contribution is 2.41. The summed E-state index contributed by atoms with van der Waals surface area (Å²) < 4.78 is 62.1. The molecule has 12 heteroatoms. The topological polar surface area (TPSA) is 131 Å². The number of alkyl carbamates (subject to hydrolysis) is 1. The highest BCUT2D eigenvalue weighted by atomic mass is 32.2. The van der Waals surface area contributed by atoms with Crippen molar-refractivity contribution >= 4 is 22.0 Å². The van der Waals surface area contributed by atoms with Crippen LogP contribution in [0.4, 0.5) is 13.6 Å². The van der Waals surface area contributed by atoms with Crippen LogP contribution in [0.1, 0.15) is 56.0 Å². The van der Waals surface area contributed by atoms with Crippen LogP contribution in [0.25, 0.3) is 0 Å². The Balaban J connectivity index is 1.93. The fourth-order valence-corrected chi connectivity index (χ4v) is 5.81. The Labute approximate surface area is 179 Å². The standard InChI is InChI=1S/C19H26F2N4O5S/c1-18(2,3)30-17(27)23-15-13(5-4-8-19(15,20)21)25-10-12-7-6-11(16(26)24-22)9-14(12)31(25,28)29/h6-7,9,13,15H,4-5,8,10,22H2,1-3H3,(H,23,27)(H,24,26)/t13-,15+/m1/s1. The highest BCUT2D eigenvalue weighted by molar-refractivity contribution is 7.89. The van der Waals surface area contributed by atoms with E-state index in [-0.39, 0.29) is 29.8 Å². The largest absolute Gasteiger partial charge is 0.444 e. The highest BCUT2D eigenvalue weighted by Gasteiger charge is 2.54. The zero-order valence-electron chi connectivity index (χ0n) is 17.4. The van der Waals surface area contributed by atoms with Crippen molar-refractivity contribution < 1.29 is 31.5 Å². The van der Waals surface area contributed by atoms with E-state index < -0.39 is 52.1 Å². The second-order valence-electron chi connectivity index (χ2n) is 8.69. The predicted octanol–water partition coefficient (Wildman–Crippen LogP) is 1.88. The van der Waals surface area contributed by atoms with Gasteiger partial charge in [0.1, 0.15) is 11.6 Å². The van der Waals surface area contributed by atoms with Gasteiger partial charge in [0, 0.05) is 18.5 Å². The number of ether oxygens (including phenoxy) is 1. The summed E-state index contributed by atoms with van der Waals surface area (Å²) >= 11 is 0. The van der Waals surface area contributed by atoms with Gasteiger partial charge in [-0.2, -0.15) is 4.31 Å². The Hall–Kier alpha value is -2.31. The van der Waals surface area contributed by atoms with E-state index in [4.69, 9.17) is 10.6 Å². The Kier molecular flexibility index (Phi) is 6.02. The maximum atomic E-state index is 14.8. The number of amides is 2. The molecule has 4 N–H and O–H groups in total. The summed E-state index contributed by atoms with van der Waals surface area (Å²) in [7, 11) is -4.18. The molecular weight excluding hydrogens is 434 g/mol. The molecule has 1 aromatic carbocycles. The molecule has 0 spiro atoms. The SMILES string of the molecule is CC(C)(C)OC(=O)N[C@H]1[C@H](N2Cc3ccc(C(=O)NN)cc3S2(=O)=O)CCCC1(F)F. The molecule has 2 atom stereocenters. The van der Waals surface area contributed by atoms with Crippen LogP contribution in [0.2, 0.25) is 0 Å². The summed E-state index contributed by atoms with van der Waals surface area (Å²) in [4.78, 5) is 23.9. The average molecular weight is 461 g/mol. The first-order valence-electron chi connectivity index (χ1n) is 9.79. The van der Waals surface area contributed by atoms with Crippen molar-refractivity contribution in [2.24, 2.45) is 5.84 Å². The van der Waals surface area contributed by atoms with Crippen molar-refractivity contribution in [3.05, 3.63) is 29.3 Å². The van der Waals surface area contributed by atoms with Crippen LogP contribution >= 0.6 is 0 Å². The molecule has 9 nitrogen and oxygen atoms in total. The average Bonchev–Trinajstić information content (AvgIpc) is 2.91. The molecule has 1 aliphatic carbocycles. The zero-order chi connectivity index (χ0) is 23.2. The first-order chi connectivity index (χ1) is 14.3. The van der Waals surface area contributed by atoms with E-state index in [1.165, 1.54) is 18.2 Å². The van der Waals surface area contributed by atoms with Gasteiger partial charge in [-0.1, -0.05) is 6.07 Å². The summed E-state index contributed by atoms with van der Waals surface area (Å²) in [6.45, 7) is 4.65. The van der Waals surface area contributed by atoms with Gasteiger partial charge >= 0.3 is 6.09 Å². The molecule has 1 aromatic rings. The number of halogens is 2. The number of fused-ring (bicyclic) bond motifs is 1. The van der Waals surface area contributed by atoms with Crippen molar-refractivity contribution in [2.75, 3.05) is 0 Å². The van der Waals surface area contributed by atoms with Crippen LogP contribution in [0.15, 0.2) is 23.1 Å². The van der Waals surface area contributed by atoms with Gasteiger partial charge in [-0.05, 0) is 51.3 Å². The lowest BCUT2D eigenvalue weighted by molar-refractivity contribution is -0.0859. The zero-order valence-corrected chi connectivity index (χ0v) is 18.3. The number of rotatable bonds is 3. The lowest BCUT2D eigenvalue weighted by atomic mass is 9.86. The molecule has 31 heavy (non-hydrogen) atoms. The quantitative estimate of drug-likeness (QED) is 0.359. The lowest BCUT2D eigenvalue weighted by Crippen LogP contribution is -2.62. The minimum Gasteiger partial charge on any atom is -0.444 e. The molecule has 172 valence electrons. The summed E-state index contributed by atoms with van der Waals surface area (Å²) in [6.07, 6.45) is -1.29. The molecule has 2 aliphatic rings. The van der Waals surface area contributed by atoms with Crippen molar-refractivity contribution in [1.29, 1.82) is 0 Å². The predicted molar refractivity (Wildman–Crippen MR) is 107 cm³/mol. The lowest BCUT2D eigenvalue weighted by Gasteiger charge is -2.41. The number of benzene rings is 1. The van der Waals surface area contributed by atoms with E-state index in [0.29, 0.717) is 5.56 Å². The maximum Gasteiger partial charge on any atom is 0.408 e. The van der Waals surface area contributed by atoms with E-state index in [0.717, 1.165) is 4.31 Å². The van der Waals surface area contributed by atoms with Crippen LogP contribution in [0, 0.1) is 0 Å². The number of hydrazine groups is 1. The second-order valence-corrected chi connectivity index (χ2v) is 10.5. The molecular formula is C19H26F2N4O5S. The van der Waals surface area contributed by atoms with Crippen LogP contribution in [-0.2, 0) is 21.3 Å². The number of nitrogens with two attached hydrogens (primary N) is 1. The third-order valence-corrected chi connectivity index (χ3v) is 7.22. The molecule has 2 amide bonds. The molecule has 0 radical (unpaired) electrons. The van der Waals surface area contributed by atoms with Crippen molar-refractivity contribution in [1.82, 2.24) is 15.0 Å². The number of sulfonamides is 1. The number of nitrogens with one attached hydrogen (secondary N) is 2. The van der Waals surface area contributed by atoms with Gasteiger partial charge in [0.05, 0.1) is 10.9 Å². The Morgan fingerprint density at radius 2 is 1.97 bits per heavy atom. The van der Waals surface area contributed by atoms with Gasteiger partial charge in [-0.15, -0.1) is 0 Å². The third kappa shape index (κ3) is 4.65. The van der Waals surface area contributed by atoms with Gasteiger partial charge in [-0.3, -0.25) is 10.2 Å². The van der Waals surface area contributed by atoms with E-state index in [1.807, 2.05) is 5.43 Å². The van der Waals surface area contributed by atoms with Crippen molar-refractivity contribution in [3.8, 4) is 0 Å². The number of carbonyl (C=O) groups is 2. The smallest absolute Gasteiger partial charge is 0.408 e. The number of nitrogens with zero attached hydrogens (tertiary/aromatic N) is 1.